The first-order valence-electron chi connectivity index (χ1n) is 7.74. The first kappa shape index (κ1) is 14.3. The summed E-state index contributed by atoms with van der Waals surface area (Å²) in [6, 6.07) is 2.13. The Morgan fingerprint density at radius 1 is 1.29 bits per heavy atom. The van der Waals surface area contributed by atoms with Crippen molar-refractivity contribution in [3.8, 4) is 0 Å². The number of nitrogens with zero attached hydrogens (tertiary/aromatic N) is 5. The molecule has 1 atom stereocenters. The normalized spacial score (nSPS) is 20.0. The molecular formula is C15H24N6. The van der Waals surface area contributed by atoms with E-state index in [0.29, 0.717) is 5.92 Å². The summed E-state index contributed by atoms with van der Waals surface area (Å²) in [5.41, 5.74) is 2.34. The average Bonchev–Trinajstić information content (AvgIpc) is 3.03. The summed E-state index contributed by atoms with van der Waals surface area (Å²) < 4.78 is 2.11. The zero-order chi connectivity index (χ0) is 14.8. The molecule has 3 heterocycles. The number of aryl methyl sites for hydroxylation is 3. The molecule has 1 saturated heterocycles. The zero-order valence-electron chi connectivity index (χ0n) is 13.1. The van der Waals surface area contributed by atoms with E-state index in [2.05, 4.69) is 42.9 Å². The van der Waals surface area contributed by atoms with Crippen molar-refractivity contribution < 1.29 is 0 Å². The van der Waals surface area contributed by atoms with Gasteiger partial charge in [-0.15, -0.1) is 0 Å². The van der Waals surface area contributed by atoms with E-state index in [-0.39, 0.29) is 0 Å². The van der Waals surface area contributed by atoms with Gasteiger partial charge in [0.1, 0.15) is 5.82 Å². The number of piperidine rings is 1. The summed E-state index contributed by atoms with van der Waals surface area (Å²) in [6.45, 7) is 10.3. The van der Waals surface area contributed by atoms with Gasteiger partial charge < -0.3 is 4.90 Å². The molecule has 0 amide bonds. The van der Waals surface area contributed by atoms with Crippen molar-refractivity contribution in [3.63, 3.8) is 0 Å². The molecule has 0 aliphatic carbocycles. The van der Waals surface area contributed by atoms with Crippen molar-refractivity contribution in [1.82, 2.24) is 29.9 Å². The van der Waals surface area contributed by atoms with Crippen molar-refractivity contribution in [2.45, 2.75) is 46.1 Å². The van der Waals surface area contributed by atoms with Crippen LogP contribution in [-0.4, -0.2) is 49.5 Å². The highest BCUT2D eigenvalue weighted by Gasteiger charge is 2.24. The molecule has 6 nitrogen and oxygen atoms in total. The Morgan fingerprint density at radius 3 is 2.81 bits per heavy atom. The van der Waals surface area contributed by atoms with E-state index < -0.39 is 0 Å². The molecule has 1 fully saturated rings. The van der Waals surface area contributed by atoms with E-state index in [4.69, 9.17) is 0 Å². The second-order valence-corrected chi connectivity index (χ2v) is 6.07. The monoisotopic (exact) mass is 288 g/mol. The molecule has 114 valence electrons. The minimum atomic E-state index is 0.462. The predicted octanol–water partition coefficient (Wildman–Crippen LogP) is 1.81. The largest absolute Gasteiger partial charge is 0.301 e. The first-order valence-corrected chi connectivity index (χ1v) is 7.74. The van der Waals surface area contributed by atoms with Gasteiger partial charge in [-0.2, -0.15) is 10.2 Å². The minimum Gasteiger partial charge on any atom is -0.301 e. The number of aromatic nitrogens is 5. The highest BCUT2D eigenvalue weighted by Crippen LogP contribution is 2.24. The molecule has 1 aliphatic rings. The number of rotatable bonds is 4. The van der Waals surface area contributed by atoms with Crippen LogP contribution in [0.25, 0.3) is 0 Å². The maximum Gasteiger partial charge on any atom is 0.155 e. The highest BCUT2D eigenvalue weighted by atomic mass is 15.3. The van der Waals surface area contributed by atoms with Gasteiger partial charge in [0.2, 0.25) is 0 Å². The Kier molecular flexibility index (Phi) is 4.05. The fourth-order valence-corrected chi connectivity index (χ4v) is 3.15. The maximum absolute atomic E-state index is 4.54. The topological polar surface area (TPSA) is 62.6 Å². The lowest BCUT2D eigenvalue weighted by Crippen LogP contribution is -2.37. The second kappa shape index (κ2) is 5.97. The standard InChI is InChI=1S/C15H24N6/c1-11-9-12(2)21(19-11)8-7-20-6-4-5-14(10-20)15-16-13(3)17-18-15/h9,14H,4-8,10H2,1-3H3,(H,16,17,18)/t14-/m1/s1. The van der Waals surface area contributed by atoms with Gasteiger partial charge in [0.15, 0.2) is 5.82 Å². The van der Waals surface area contributed by atoms with E-state index in [1.54, 1.807) is 0 Å². The van der Waals surface area contributed by atoms with E-state index in [9.17, 15) is 0 Å². The van der Waals surface area contributed by atoms with E-state index in [1.165, 1.54) is 25.1 Å². The molecule has 0 aromatic carbocycles. The summed E-state index contributed by atoms with van der Waals surface area (Å²) in [7, 11) is 0. The molecule has 0 unspecified atom stereocenters. The number of hydrogen-bond donors (Lipinski definition) is 1. The van der Waals surface area contributed by atoms with E-state index in [1.807, 2.05) is 13.8 Å². The maximum atomic E-state index is 4.54. The lowest BCUT2D eigenvalue weighted by molar-refractivity contribution is 0.195. The SMILES string of the molecule is Cc1cc(C)n(CCN2CCC[C@@H](c3n[nH]c(C)n3)C2)n1. The zero-order valence-corrected chi connectivity index (χ0v) is 13.1. The van der Waals surface area contributed by atoms with Crippen LogP contribution in [0.15, 0.2) is 6.07 Å². The lowest BCUT2D eigenvalue weighted by atomic mass is 9.97. The molecule has 1 aliphatic heterocycles. The lowest BCUT2D eigenvalue weighted by Gasteiger charge is -2.31. The van der Waals surface area contributed by atoms with Gasteiger partial charge in [-0.25, -0.2) is 4.98 Å². The van der Waals surface area contributed by atoms with Crippen molar-refractivity contribution in [2.24, 2.45) is 0 Å². The molecule has 1 N–H and O–H groups in total. The van der Waals surface area contributed by atoms with Crippen LogP contribution in [0.4, 0.5) is 0 Å². The third-order valence-corrected chi connectivity index (χ3v) is 4.22. The van der Waals surface area contributed by atoms with Crippen LogP contribution in [-0.2, 0) is 6.54 Å². The smallest absolute Gasteiger partial charge is 0.155 e. The van der Waals surface area contributed by atoms with Crippen molar-refractivity contribution in [2.75, 3.05) is 19.6 Å². The Hall–Kier alpha value is -1.69. The van der Waals surface area contributed by atoms with Crippen LogP contribution in [0.2, 0.25) is 0 Å². The molecule has 3 rings (SSSR count). The van der Waals surface area contributed by atoms with Crippen molar-refractivity contribution >= 4 is 0 Å². The number of hydrogen-bond acceptors (Lipinski definition) is 4. The number of nitrogens with one attached hydrogen (secondary N) is 1. The predicted molar refractivity (Wildman–Crippen MR) is 81.2 cm³/mol. The Balaban J connectivity index is 1.57. The van der Waals surface area contributed by atoms with Gasteiger partial charge >= 0.3 is 0 Å². The van der Waals surface area contributed by atoms with E-state index in [0.717, 1.165) is 37.0 Å². The minimum absolute atomic E-state index is 0.462. The molecule has 21 heavy (non-hydrogen) atoms. The van der Waals surface area contributed by atoms with Crippen LogP contribution in [0.3, 0.4) is 0 Å². The Labute approximate surface area is 125 Å². The first-order chi connectivity index (χ1) is 10.1. The van der Waals surface area contributed by atoms with Crippen LogP contribution in [0.1, 0.15) is 41.8 Å². The second-order valence-electron chi connectivity index (χ2n) is 6.07. The molecule has 0 saturated carbocycles. The van der Waals surface area contributed by atoms with Gasteiger partial charge in [-0.3, -0.25) is 9.78 Å². The van der Waals surface area contributed by atoms with Gasteiger partial charge in [0.25, 0.3) is 0 Å². The molecular weight excluding hydrogens is 264 g/mol. The molecule has 0 bridgehead atoms. The van der Waals surface area contributed by atoms with Crippen molar-refractivity contribution in [3.05, 3.63) is 29.1 Å². The molecule has 6 heteroatoms. The molecule has 2 aromatic rings. The molecule has 0 radical (unpaired) electrons. The van der Waals surface area contributed by atoms with Crippen LogP contribution in [0, 0.1) is 20.8 Å². The van der Waals surface area contributed by atoms with Gasteiger partial charge in [0, 0.05) is 24.7 Å². The fraction of sp³-hybridized carbons (Fsp3) is 0.667. The third kappa shape index (κ3) is 3.32. The summed E-state index contributed by atoms with van der Waals surface area (Å²) in [6.07, 6.45) is 2.41. The van der Waals surface area contributed by atoms with Gasteiger partial charge in [-0.1, -0.05) is 0 Å². The Morgan fingerprint density at radius 2 is 2.14 bits per heavy atom. The van der Waals surface area contributed by atoms with Crippen LogP contribution < -0.4 is 0 Å². The van der Waals surface area contributed by atoms with Gasteiger partial charge in [-0.05, 0) is 46.2 Å². The van der Waals surface area contributed by atoms with Crippen molar-refractivity contribution in [1.29, 1.82) is 0 Å². The van der Waals surface area contributed by atoms with E-state index >= 15 is 0 Å². The summed E-state index contributed by atoms with van der Waals surface area (Å²) in [5, 5.41) is 11.8. The van der Waals surface area contributed by atoms with Gasteiger partial charge in [0.05, 0.1) is 12.2 Å². The average molecular weight is 288 g/mol. The number of H-pyrrole nitrogens is 1. The fourth-order valence-electron chi connectivity index (χ4n) is 3.15. The van der Waals surface area contributed by atoms with Crippen LogP contribution >= 0.6 is 0 Å². The summed E-state index contributed by atoms with van der Waals surface area (Å²) >= 11 is 0. The summed E-state index contributed by atoms with van der Waals surface area (Å²) in [4.78, 5) is 7.00. The highest BCUT2D eigenvalue weighted by molar-refractivity contribution is 5.06. The Bertz CT molecular complexity index is 599. The molecule has 0 spiro atoms. The third-order valence-electron chi connectivity index (χ3n) is 4.22. The molecule has 2 aromatic heterocycles. The quantitative estimate of drug-likeness (QED) is 0.932. The summed E-state index contributed by atoms with van der Waals surface area (Å²) in [5.74, 6) is 2.34. The number of aromatic amines is 1. The van der Waals surface area contributed by atoms with Crippen LogP contribution in [0.5, 0.6) is 0 Å². The number of likely N-dealkylation sites (tertiary alicyclic amines) is 1.